The number of hydrogen-bond acceptors (Lipinski definition) is 6. The first-order chi connectivity index (χ1) is 13.1. The van der Waals surface area contributed by atoms with Crippen molar-refractivity contribution in [1.29, 1.82) is 0 Å². The minimum absolute atomic E-state index is 0.323. The van der Waals surface area contributed by atoms with E-state index in [2.05, 4.69) is 14.9 Å². The number of imide groups is 1. The number of nitrogens with one attached hydrogen (secondary N) is 1. The van der Waals surface area contributed by atoms with Crippen LogP contribution in [0.15, 0.2) is 53.9 Å². The van der Waals surface area contributed by atoms with Gasteiger partial charge in [0, 0.05) is 16.6 Å². The van der Waals surface area contributed by atoms with E-state index in [1.54, 1.807) is 36.4 Å². The van der Waals surface area contributed by atoms with Crippen LogP contribution in [0.3, 0.4) is 0 Å². The molecule has 0 fully saturated rings. The van der Waals surface area contributed by atoms with Gasteiger partial charge in [0.1, 0.15) is 11.7 Å². The molecule has 0 saturated carbocycles. The smallest absolute Gasteiger partial charge is 0.262 e. The topological polar surface area (TPSA) is 92.3 Å². The lowest BCUT2D eigenvalue weighted by Crippen LogP contribution is -2.45. The summed E-state index contributed by atoms with van der Waals surface area (Å²) in [5.41, 5.74) is 2.86. The van der Waals surface area contributed by atoms with Gasteiger partial charge in [-0.2, -0.15) is 0 Å². The summed E-state index contributed by atoms with van der Waals surface area (Å²) in [6, 6.07) is 12.7. The van der Waals surface area contributed by atoms with E-state index in [0.29, 0.717) is 16.8 Å². The van der Waals surface area contributed by atoms with Crippen molar-refractivity contribution >= 4 is 34.9 Å². The molecule has 0 radical (unpaired) electrons. The lowest BCUT2D eigenvalue weighted by molar-refractivity contribution is -0.119. The predicted molar refractivity (Wildman–Crippen MR) is 100 cm³/mol. The maximum absolute atomic E-state index is 12.6. The van der Waals surface area contributed by atoms with E-state index in [0.717, 1.165) is 16.2 Å². The molecule has 1 N–H and O–H groups in total. The molecule has 3 aromatic rings. The summed E-state index contributed by atoms with van der Waals surface area (Å²) in [6.07, 6.45) is 0. The fourth-order valence-corrected chi connectivity index (χ4v) is 3.40. The summed E-state index contributed by atoms with van der Waals surface area (Å²) in [7, 11) is 0. The van der Waals surface area contributed by atoms with Gasteiger partial charge in [0.2, 0.25) is 5.91 Å². The van der Waals surface area contributed by atoms with Crippen molar-refractivity contribution in [3.8, 4) is 11.3 Å². The summed E-state index contributed by atoms with van der Waals surface area (Å²) in [6.45, 7) is 1.53. The molecular weight excluding hydrogens is 364 g/mol. The van der Waals surface area contributed by atoms with Crippen LogP contribution in [-0.2, 0) is 4.79 Å². The highest BCUT2D eigenvalue weighted by molar-refractivity contribution is 7.03. The zero-order valence-electron chi connectivity index (χ0n) is 14.2. The van der Waals surface area contributed by atoms with Crippen LogP contribution in [0, 0.1) is 0 Å². The normalized spacial score (nSPS) is 14.2. The molecule has 4 rings (SSSR count). The molecule has 1 aliphatic heterocycles. The zero-order valence-corrected chi connectivity index (χ0v) is 15.1. The van der Waals surface area contributed by atoms with Gasteiger partial charge < -0.3 is 5.32 Å². The Labute approximate surface area is 158 Å². The van der Waals surface area contributed by atoms with Crippen molar-refractivity contribution in [2.75, 3.05) is 5.32 Å². The number of carbonyl (C=O) groups is 3. The summed E-state index contributed by atoms with van der Waals surface area (Å²) >= 11 is 1.26. The quantitative estimate of drug-likeness (QED) is 0.705. The van der Waals surface area contributed by atoms with Crippen LogP contribution in [0.4, 0.5) is 5.69 Å². The first-order valence-corrected chi connectivity index (χ1v) is 9.05. The number of amides is 3. The van der Waals surface area contributed by atoms with Crippen molar-refractivity contribution in [3.63, 3.8) is 0 Å². The van der Waals surface area contributed by atoms with E-state index in [-0.39, 0.29) is 0 Å². The van der Waals surface area contributed by atoms with Gasteiger partial charge in [0.25, 0.3) is 11.8 Å². The van der Waals surface area contributed by atoms with E-state index in [1.165, 1.54) is 18.5 Å². The van der Waals surface area contributed by atoms with Crippen molar-refractivity contribution in [2.24, 2.45) is 0 Å². The predicted octanol–water partition coefficient (Wildman–Crippen LogP) is 2.83. The van der Waals surface area contributed by atoms with Gasteiger partial charge in [-0.25, -0.2) is 0 Å². The molecule has 0 aliphatic carbocycles. The summed E-state index contributed by atoms with van der Waals surface area (Å²) in [5, 5.41) is 8.57. The second-order valence-electron chi connectivity index (χ2n) is 6.06. The number of carbonyl (C=O) groups excluding carboxylic acids is 3. The lowest BCUT2D eigenvalue weighted by Gasteiger charge is -2.21. The fourth-order valence-electron chi connectivity index (χ4n) is 2.94. The van der Waals surface area contributed by atoms with Gasteiger partial charge in [-0.3, -0.25) is 19.3 Å². The van der Waals surface area contributed by atoms with E-state index < -0.39 is 23.8 Å². The minimum Gasteiger partial charge on any atom is -0.324 e. The van der Waals surface area contributed by atoms with Crippen LogP contribution in [0.25, 0.3) is 11.3 Å². The molecule has 1 aliphatic rings. The summed E-state index contributed by atoms with van der Waals surface area (Å²) in [5.74, 6) is -1.35. The molecule has 2 aromatic carbocycles. The SMILES string of the molecule is CC(C(=O)Nc1ccc(-c2csnn2)cc1)N1C(=O)c2ccccc2C1=O. The number of nitrogens with zero attached hydrogens (tertiary/aromatic N) is 3. The molecule has 1 unspecified atom stereocenters. The van der Waals surface area contributed by atoms with Gasteiger partial charge in [0.15, 0.2) is 0 Å². The number of hydrogen-bond donors (Lipinski definition) is 1. The van der Waals surface area contributed by atoms with Gasteiger partial charge in [-0.15, -0.1) is 5.10 Å². The Balaban J connectivity index is 1.49. The molecule has 0 spiro atoms. The number of benzene rings is 2. The van der Waals surface area contributed by atoms with E-state index in [9.17, 15) is 14.4 Å². The highest BCUT2D eigenvalue weighted by Crippen LogP contribution is 2.25. The van der Waals surface area contributed by atoms with Gasteiger partial charge >= 0.3 is 0 Å². The van der Waals surface area contributed by atoms with Gasteiger partial charge in [0.05, 0.1) is 11.1 Å². The number of fused-ring (bicyclic) bond motifs is 1. The Hall–Kier alpha value is -3.39. The van der Waals surface area contributed by atoms with E-state index in [4.69, 9.17) is 0 Å². The number of rotatable bonds is 4. The van der Waals surface area contributed by atoms with E-state index in [1.807, 2.05) is 17.5 Å². The van der Waals surface area contributed by atoms with Gasteiger partial charge in [-0.05, 0) is 42.7 Å². The number of anilines is 1. The van der Waals surface area contributed by atoms with Crippen molar-refractivity contribution in [1.82, 2.24) is 14.5 Å². The van der Waals surface area contributed by atoms with Crippen LogP contribution in [-0.4, -0.2) is 38.3 Å². The molecule has 2 heterocycles. The standard InChI is InChI=1S/C19H14N4O3S/c1-11(23-18(25)14-4-2-3-5-15(14)19(23)26)17(24)20-13-8-6-12(7-9-13)16-10-27-22-21-16/h2-11H,1H3,(H,20,24). The monoisotopic (exact) mass is 378 g/mol. The molecule has 3 amide bonds. The highest BCUT2D eigenvalue weighted by Gasteiger charge is 2.40. The van der Waals surface area contributed by atoms with Crippen molar-refractivity contribution < 1.29 is 14.4 Å². The molecule has 134 valence electrons. The Bertz CT molecular complexity index is 996. The molecule has 1 atom stereocenters. The second kappa shape index (κ2) is 6.73. The summed E-state index contributed by atoms with van der Waals surface area (Å²) in [4.78, 5) is 38.6. The first-order valence-electron chi connectivity index (χ1n) is 8.21. The first kappa shape index (κ1) is 17.0. The zero-order chi connectivity index (χ0) is 19.0. The van der Waals surface area contributed by atoms with Crippen LogP contribution >= 0.6 is 11.5 Å². The summed E-state index contributed by atoms with van der Waals surface area (Å²) < 4.78 is 3.82. The molecule has 7 nitrogen and oxygen atoms in total. The van der Waals surface area contributed by atoms with Crippen molar-refractivity contribution in [3.05, 3.63) is 65.0 Å². The van der Waals surface area contributed by atoms with E-state index >= 15 is 0 Å². The molecular formula is C19H14N4O3S. The van der Waals surface area contributed by atoms with Crippen LogP contribution in [0.1, 0.15) is 27.6 Å². The lowest BCUT2D eigenvalue weighted by atomic mass is 10.1. The van der Waals surface area contributed by atoms with Gasteiger partial charge in [-0.1, -0.05) is 28.8 Å². The highest BCUT2D eigenvalue weighted by atomic mass is 32.1. The van der Waals surface area contributed by atoms with Crippen LogP contribution < -0.4 is 5.32 Å². The largest absolute Gasteiger partial charge is 0.324 e. The minimum atomic E-state index is -0.931. The molecule has 8 heteroatoms. The fraction of sp³-hybridized carbons (Fsp3) is 0.105. The second-order valence-corrected chi connectivity index (χ2v) is 6.67. The molecule has 0 bridgehead atoms. The number of aromatic nitrogens is 2. The average molecular weight is 378 g/mol. The Morgan fingerprint density at radius 2 is 1.67 bits per heavy atom. The molecule has 0 saturated heterocycles. The third kappa shape index (κ3) is 3.00. The van der Waals surface area contributed by atoms with Crippen LogP contribution in [0.5, 0.6) is 0 Å². The third-order valence-corrected chi connectivity index (χ3v) is 4.91. The molecule has 27 heavy (non-hydrogen) atoms. The Morgan fingerprint density at radius 1 is 1.04 bits per heavy atom. The molecule has 1 aromatic heterocycles. The van der Waals surface area contributed by atoms with Crippen LogP contribution in [0.2, 0.25) is 0 Å². The Morgan fingerprint density at radius 3 is 2.22 bits per heavy atom. The maximum atomic E-state index is 12.6. The maximum Gasteiger partial charge on any atom is 0.262 e. The van der Waals surface area contributed by atoms with Crippen molar-refractivity contribution in [2.45, 2.75) is 13.0 Å². The third-order valence-electron chi connectivity index (χ3n) is 4.40. The Kier molecular flexibility index (Phi) is 4.25. The average Bonchev–Trinajstić information content (AvgIpc) is 3.30.